The third-order valence-electron chi connectivity index (χ3n) is 3.03. The Morgan fingerprint density at radius 3 is 2.73 bits per heavy atom. The molecule has 2 N–H and O–H groups in total. The molecule has 6 heteroatoms. The molecule has 0 spiro atoms. The van der Waals surface area contributed by atoms with Gasteiger partial charge in [-0.05, 0) is 19.4 Å². The van der Waals surface area contributed by atoms with Crippen LogP contribution in [0, 0.1) is 0 Å². The second kappa shape index (κ2) is 8.00. The number of rotatable bonds is 7. The van der Waals surface area contributed by atoms with E-state index in [1.54, 1.807) is 6.20 Å². The van der Waals surface area contributed by atoms with E-state index in [1.807, 2.05) is 48.7 Å². The summed E-state index contributed by atoms with van der Waals surface area (Å²) >= 11 is 1.38. The molecule has 1 heterocycles. The van der Waals surface area contributed by atoms with Crippen LogP contribution in [0.5, 0.6) is 0 Å². The highest BCUT2D eigenvalue weighted by molar-refractivity contribution is 7.99. The minimum absolute atomic E-state index is 0.0141. The predicted molar refractivity (Wildman–Crippen MR) is 87.7 cm³/mol. The highest BCUT2D eigenvalue weighted by atomic mass is 32.2. The first-order chi connectivity index (χ1) is 10.6. The Balaban J connectivity index is 2.08. The Kier molecular flexibility index (Phi) is 6.03. The van der Waals surface area contributed by atoms with Crippen molar-refractivity contribution in [3.63, 3.8) is 0 Å². The summed E-state index contributed by atoms with van der Waals surface area (Å²) in [4.78, 5) is 16.1. The first kappa shape index (κ1) is 16.6. The normalized spacial score (nSPS) is 10.9. The van der Waals surface area contributed by atoms with Gasteiger partial charge in [-0.3, -0.25) is 4.79 Å². The molecule has 0 bridgehead atoms. The number of carbonyl (C=O) groups excluding carboxylic acids is 1. The molecular weight excluding hydrogens is 298 g/mol. The molecule has 0 atom stereocenters. The number of aromatic nitrogens is 2. The molecule has 0 saturated carbocycles. The van der Waals surface area contributed by atoms with Gasteiger partial charge in [-0.15, -0.1) is 0 Å². The summed E-state index contributed by atoms with van der Waals surface area (Å²) in [6.45, 7) is 4.43. The lowest BCUT2D eigenvalue weighted by molar-refractivity contribution is -0.119. The van der Waals surface area contributed by atoms with Gasteiger partial charge in [0.1, 0.15) is 0 Å². The fourth-order valence-electron chi connectivity index (χ4n) is 2.06. The highest BCUT2D eigenvalue weighted by Gasteiger charge is 2.12. The Morgan fingerprint density at radius 1 is 1.36 bits per heavy atom. The van der Waals surface area contributed by atoms with Gasteiger partial charge in [-0.2, -0.15) is 0 Å². The molecule has 0 aliphatic carbocycles. The van der Waals surface area contributed by atoms with Crippen LogP contribution in [0.4, 0.5) is 0 Å². The molecule has 1 aromatic heterocycles. The van der Waals surface area contributed by atoms with Gasteiger partial charge in [0.25, 0.3) is 0 Å². The van der Waals surface area contributed by atoms with Crippen molar-refractivity contribution in [2.45, 2.75) is 38.2 Å². The van der Waals surface area contributed by atoms with E-state index in [2.05, 4.69) is 10.3 Å². The number of aliphatic hydroxyl groups excluding tert-OH is 1. The third kappa shape index (κ3) is 4.61. The van der Waals surface area contributed by atoms with Crippen LogP contribution in [-0.4, -0.2) is 32.4 Å². The van der Waals surface area contributed by atoms with Crippen LogP contribution >= 0.6 is 11.8 Å². The first-order valence-corrected chi connectivity index (χ1v) is 8.20. The van der Waals surface area contributed by atoms with Gasteiger partial charge in [-0.1, -0.05) is 42.1 Å². The van der Waals surface area contributed by atoms with E-state index in [9.17, 15) is 9.90 Å². The third-order valence-corrected chi connectivity index (χ3v) is 4.02. The maximum Gasteiger partial charge on any atom is 0.230 e. The standard InChI is InChI=1S/C16H21N3O2S/c1-12(2)18-15(21)11-22-16-17-8-14(10-20)19(16)9-13-6-4-3-5-7-13/h3-8,12,20H,9-11H2,1-2H3,(H,18,21). The van der Waals surface area contributed by atoms with Gasteiger partial charge in [0, 0.05) is 12.6 Å². The van der Waals surface area contributed by atoms with E-state index in [-0.39, 0.29) is 18.6 Å². The molecule has 0 aliphatic heterocycles. The lowest BCUT2D eigenvalue weighted by atomic mass is 10.2. The number of nitrogens with zero attached hydrogens (tertiary/aromatic N) is 2. The quantitative estimate of drug-likeness (QED) is 0.767. The number of imidazole rings is 1. The monoisotopic (exact) mass is 319 g/mol. The number of hydrogen-bond donors (Lipinski definition) is 2. The zero-order valence-corrected chi connectivity index (χ0v) is 13.6. The zero-order valence-electron chi connectivity index (χ0n) is 12.8. The summed E-state index contributed by atoms with van der Waals surface area (Å²) in [6.07, 6.45) is 1.66. The first-order valence-electron chi connectivity index (χ1n) is 7.21. The summed E-state index contributed by atoms with van der Waals surface area (Å²) in [5.74, 6) is 0.300. The van der Waals surface area contributed by atoms with Crippen LogP contribution in [0.15, 0.2) is 41.7 Å². The van der Waals surface area contributed by atoms with Gasteiger partial charge in [-0.25, -0.2) is 4.98 Å². The topological polar surface area (TPSA) is 67.2 Å². The number of amides is 1. The van der Waals surface area contributed by atoms with Crippen molar-refractivity contribution >= 4 is 17.7 Å². The molecule has 0 saturated heterocycles. The molecule has 2 aromatic rings. The molecule has 2 rings (SSSR count). The maximum atomic E-state index is 11.8. The van der Waals surface area contributed by atoms with Crippen LogP contribution in [0.1, 0.15) is 25.1 Å². The van der Waals surface area contributed by atoms with Gasteiger partial charge < -0.3 is 15.0 Å². The van der Waals surface area contributed by atoms with Gasteiger partial charge in [0.15, 0.2) is 5.16 Å². The summed E-state index contributed by atoms with van der Waals surface area (Å²) in [5, 5.41) is 13.1. The number of carbonyl (C=O) groups is 1. The van der Waals surface area contributed by atoms with E-state index in [0.29, 0.717) is 12.3 Å². The van der Waals surface area contributed by atoms with Crippen LogP contribution < -0.4 is 5.32 Å². The summed E-state index contributed by atoms with van der Waals surface area (Å²) < 4.78 is 1.95. The smallest absolute Gasteiger partial charge is 0.230 e. The average molecular weight is 319 g/mol. The molecule has 0 radical (unpaired) electrons. The zero-order chi connectivity index (χ0) is 15.9. The van der Waals surface area contributed by atoms with E-state index in [1.165, 1.54) is 11.8 Å². The molecule has 22 heavy (non-hydrogen) atoms. The highest BCUT2D eigenvalue weighted by Crippen LogP contribution is 2.20. The van der Waals surface area contributed by atoms with Crippen molar-refractivity contribution in [3.8, 4) is 0 Å². The van der Waals surface area contributed by atoms with Crippen molar-refractivity contribution in [2.75, 3.05) is 5.75 Å². The van der Waals surface area contributed by atoms with E-state index in [0.717, 1.165) is 16.4 Å². The fourth-order valence-corrected chi connectivity index (χ4v) is 2.87. The molecule has 5 nitrogen and oxygen atoms in total. The predicted octanol–water partition coefficient (Wildman–Crippen LogP) is 2.04. The van der Waals surface area contributed by atoms with Crippen LogP contribution in [-0.2, 0) is 17.9 Å². The van der Waals surface area contributed by atoms with Crippen LogP contribution in [0.3, 0.4) is 0 Å². The summed E-state index contributed by atoms with van der Waals surface area (Å²) in [6, 6.07) is 10.1. The van der Waals surface area contributed by atoms with Crippen molar-refractivity contribution in [1.82, 2.24) is 14.9 Å². The van der Waals surface area contributed by atoms with Gasteiger partial charge in [0.05, 0.1) is 24.3 Å². The molecule has 1 amide bonds. The van der Waals surface area contributed by atoms with E-state index in [4.69, 9.17) is 0 Å². The molecule has 118 valence electrons. The maximum absolute atomic E-state index is 11.8. The van der Waals surface area contributed by atoms with E-state index < -0.39 is 0 Å². The van der Waals surface area contributed by atoms with Crippen molar-refractivity contribution in [2.24, 2.45) is 0 Å². The fraction of sp³-hybridized carbons (Fsp3) is 0.375. The molecule has 0 fully saturated rings. The van der Waals surface area contributed by atoms with Crippen LogP contribution in [0.25, 0.3) is 0 Å². The molecule has 1 aromatic carbocycles. The Bertz CT molecular complexity index is 611. The minimum atomic E-state index is -0.0708. The van der Waals surface area contributed by atoms with Crippen molar-refractivity contribution < 1.29 is 9.90 Å². The summed E-state index contributed by atoms with van der Waals surface area (Å²) in [5.41, 5.74) is 1.87. The molecular formula is C16H21N3O2S. The lowest BCUT2D eigenvalue weighted by Crippen LogP contribution is -2.31. The van der Waals surface area contributed by atoms with Gasteiger partial charge >= 0.3 is 0 Å². The van der Waals surface area contributed by atoms with Crippen LogP contribution in [0.2, 0.25) is 0 Å². The average Bonchev–Trinajstić information content (AvgIpc) is 2.87. The minimum Gasteiger partial charge on any atom is -0.390 e. The number of benzene rings is 1. The largest absolute Gasteiger partial charge is 0.390 e. The Morgan fingerprint density at radius 2 is 2.09 bits per heavy atom. The second-order valence-corrected chi connectivity index (χ2v) is 6.22. The van der Waals surface area contributed by atoms with Crippen molar-refractivity contribution in [3.05, 3.63) is 47.8 Å². The number of thioether (sulfide) groups is 1. The number of aliphatic hydroxyl groups is 1. The molecule has 0 unspecified atom stereocenters. The van der Waals surface area contributed by atoms with E-state index >= 15 is 0 Å². The second-order valence-electron chi connectivity index (χ2n) is 5.27. The van der Waals surface area contributed by atoms with Crippen molar-refractivity contribution in [1.29, 1.82) is 0 Å². The number of nitrogens with one attached hydrogen (secondary N) is 1. The lowest BCUT2D eigenvalue weighted by Gasteiger charge is -2.11. The Labute approximate surface area is 134 Å². The Hall–Kier alpha value is -1.79. The number of hydrogen-bond acceptors (Lipinski definition) is 4. The summed E-state index contributed by atoms with van der Waals surface area (Å²) in [7, 11) is 0. The SMILES string of the molecule is CC(C)NC(=O)CSc1ncc(CO)n1Cc1ccccc1. The van der Waals surface area contributed by atoms with Gasteiger partial charge in [0.2, 0.25) is 5.91 Å². The molecule has 0 aliphatic rings.